The lowest BCUT2D eigenvalue weighted by molar-refractivity contribution is 0.418. The predicted molar refractivity (Wildman–Crippen MR) is 49.8 cm³/mol. The van der Waals surface area contributed by atoms with Crippen LogP contribution in [0, 0.1) is 0 Å². The van der Waals surface area contributed by atoms with Gasteiger partial charge in [0.25, 0.3) is 0 Å². The molecule has 0 unspecified atom stereocenters. The molecule has 0 aliphatic heterocycles. The average Bonchev–Trinajstić information content (AvgIpc) is 1.90. The van der Waals surface area contributed by atoms with E-state index in [1.165, 1.54) is 0 Å². The van der Waals surface area contributed by atoms with E-state index in [9.17, 15) is 5.11 Å². The minimum absolute atomic E-state index is 0.0813. The van der Waals surface area contributed by atoms with Crippen LogP contribution >= 0.6 is 0 Å². The molecule has 0 fully saturated rings. The Hall–Kier alpha value is -1.12. The quantitative estimate of drug-likeness (QED) is 0.656. The molecule has 0 saturated carbocycles. The molecule has 70 valence electrons. The molecule has 3 nitrogen and oxygen atoms in total. The molecule has 2 rings (SSSR count). The third kappa shape index (κ3) is 1.28. The van der Waals surface area contributed by atoms with E-state index >= 15 is 0 Å². The number of rotatable bonds is 0. The third-order valence-corrected chi connectivity index (χ3v) is 2.35. The largest absolute Gasteiger partial charge is 0.493 e. The van der Waals surface area contributed by atoms with Crippen LogP contribution in [0.5, 0.6) is 5.88 Å². The Morgan fingerprint density at radius 1 is 1.15 bits per heavy atom. The fraction of sp³-hybridized carbons (Fsp3) is 0.600. The maximum absolute atomic E-state index is 9.54. The molecular weight excluding hydrogens is 164 g/mol. The van der Waals surface area contributed by atoms with Gasteiger partial charge in [0.05, 0.1) is 5.69 Å². The van der Waals surface area contributed by atoms with Gasteiger partial charge in [-0.1, -0.05) is 20.8 Å². The molecule has 1 aliphatic carbocycles. The first-order valence-electron chi connectivity index (χ1n) is 4.58. The van der Waals surface area contributed by atoms with Crippen LogP contribution in [0.25, 0.3) is 0 Å². The van der Waals surface area contributed by atoms with Gasteiger partial charge in [-0.3, -0.25) is 0 Å². The summed E-state index contributed by atoms with van der Waals surface area (Å²) in [5.41, 5.74) is 1.88. The van der Waals surface area contributed by atoms with Crippen molar-refractivity contribution in [1.82, 2.24) is 9.97 Å². The first-order chi connectivity index (χ1) is 5.98. The Bertz CT molecular complexity index is 335. The Balaban J connectivity index is 2.51. The van der Waals surface area contributed by atoms with Crippen LogP contribution in [0.15, 0.2) is 0 Å². The highest BCUT2D eigenvalue weighted by Crippen LogP contribution is 2.30. The van der Waals surface area contributed by atoms with Gasteiger partial charge in [0.2, 0.25) is 5.88 Å². The molecule has 0 aromatic carbocycles. The number of aryl methyl sites for hydroxylation is 1. The van der Waals surface area contributed by atoms with Crippen LogP contribution in [-0.2, 0) is 18.3 Å². The zero-order valence-corrected chi connectivity index (χ0v) is 8.26. The normalized spacial score (nSPS) is 15.0. The van der Waals surface area contributed by atoms with Crippen LogP contribution in [0.3, 0.4) is 0 Å². The molecule has 1 aromatic heterocycles. The second-order valence-corrected chi connectivity index (χ2v) is 4.55. The highest BCUT2D eigenvalue weighted by atomic mass is 16.3. The van der Waals surface area contributed by atoms with Crippen molar-refractivity contribution in [2.75, 3.05) is 0 Å². The second kappa shape index (κ2) is 2.44. The first kappa shape index (κ1) is 8.48. The van der Waals surface area contributed by atoms with Gasteiger partial charge in [-0.05, 0) is 12.8 Å². The lowest BCUT2D eigenvalue weighted by Gasteiger charge is -2.23. The summed E-state index contributed by atoms with van der Waals surface area (Å²) in [5.74, 6) is 0.921. The average molecular weight is 178 g/mol. The Labute approximate surface area is 77.8 Å². The maximum atomic E-state index is 9.54. The van der Waals surface area contributed by atoms with Crippen LogP contribution in [-0.4, -0.2) is 15.1 Å². The molecular formula is C10H14N2O. The van der Waals surface area contributed by atoms with E-state index in [-0.39, 0.29) is 11.3 Å². The highest BCUT2D eigenvalue weighted by molar-refractivity contribution is 5.37. The van der Waals surface area contributed by atoms with E-state index in [1.54, 1.807) is 0 Å². The number of nitrogens with zero attached hydrogens (tertiary/aromatic N) is 2. The van der Waals surface area contributed by atoms with E-state index < -0.39 is 0 Å². The van der Waals surface area contributed by atoms with Crippen molar-refractivity contribution >= 4 is 0 Å². The van der Waals surface area contributed by atoms with Gasteiger partial charge in [-0.25, -0.2) is 4.98 Å². The van der Waals surface area contributed by atoms with Gasteiger partial charge < -0.3 is 5.11 Å². The van der Waals surface area contributed by atoms with Crippen molar-refractivity contribution in [1.29, 1.82) is 0 Å². The SMILES string of the molecule is CC(C)(C)c1nc(O)c2c(n1)CC2. The van der Waals surface area contributed by atoms with Crippen LogP contribution in [0.2, 0.25) is 0 Å². The van der Waals surface area contributed by atoms with Crippen molar-refractivity contribution in [2.24, 2.45) is 0 Å². The Morgan fingerprint density at radius 3 is 2.23 bits per heavy atom. The van der Waals surface area contributed by atoms with Gasteiger partial charge in [-0.15, -0.1) is 0 Å². The number of hydrogen-bond donors (Lipinski definition) is 1. The molecule has 0 spiro atoms. The van der Waals surface area contributed by atoms with Crippen molar-refractivity contribution < 1.29 is 5.11 Å². The van der Waals surface area contributed by atoms with E-state index in [0.717, 1.165) is 29.9 Å². The molecule has 1 heterocycles. The molecule has 0 bridgehead atoms. The molecule has 0 amide bonds. The van der Waals surface area contributed by atoms with Gasteiger partial charge in [0, 0.05) is 11.0 Å². The molecule has 0 atom stereocenters. The van der Waals surface area contributed by atoms with Crippen LogP contribution in [0.4, 0.5) is 0 Å². The summed E-state index contributed by atoms with van der Waals surface area (Å²) in [7, 11) is 0. The number of aromatic hydroxyl groups is 1. The first-order valence-corrected chi connectivity index (χ1v) is 4.58. The summed E-state index contributed by atoms with van der Waals surface area (Å²) in [4.78, 5) is 8.52. The molecule has 0 radical (unpaired) electrons. The zero-order valence-electron chi connectivity index (χ0n) is 8.26. The smallest absolute Gasteiger partial charge is 0.217 e. The number of aromatic nitrogens is 2. The van der Waals surface area contributed by atoms with E-state index in [1.807, 2.05) is 20.8 Å². The molecule has 0 saturated heterocycles. The van der Waals surface area contributed by atoms with Crippen molar-refractivity contribution in [3.8, 4) is 5.88 Å². The minimum Gasteiger partial charge on any atom is -0.493 e. The molecule has 1 aromatic rings. The van der Waals surface area contributed by atoms with Crippen LogP contribution < -0.4 is 0 Å². The summed E-state index contributed by atoms with van der Waals surface area (Å²) >= 11 is 0. The Morgan fingerprint density at radius 2 is 1.85 bits per heavy atom. The lowest BCUT2D eigenvalue weighted by Crippen LogP contribution is -2.21. The maximum Gasteiger partial charge on any atom is 0.217 e. The van der Waals surface area contributed by atoms with Crippen molar-refractivity contribution in [3.05, 3.63) is 17.1 Å². The van der Waals surface area contributed by atoms with Gasteiger partial charge in [0.15, 0.2) is 0 Å². The predicted octanol–water partition coefficient (Wildman–Crippen LogP) is 1.58. The second-order valence-electron chi connectivity index (χ2n) is 4.55. The van der Waals surface area contributed by atoms with Gasteiger partial charge in [-0.2, -0.15) is 4.98 Å². The summed E-state index contributed by atoms with van der Waals surface area (Å²) < 4.78 is 0. The summed E-state index contributed by atoms with van der Waals surface area (Å²) in [6.45, 7) is 6.15. The van der Waals surface area contributed by atoms with E-state index in [2.05, 4.69) is 9.97 Å². The molecule has 1 N–H and O–H groups in total. The Kier molecular flexibility index (Phi) is 1.59. The highest BCUT2D eigenvalue weighted by Gasteiger charge is 2.25. The van der Waals surface area contributed by atoms with Gasteiger partial charge >= 0.3 is 0 Å². The summed E-state index contributed by atoms with van der Waals surface area (Å²) in [5, 5.41) is 9.54. The van der Waals surface area contributed by atoms with Crippen molar-refractivity contribution in [3.63, 3.8) is 0 Å². The minimum atomic E-state index is -0.0813. The fourth-order valence-corrected chi connectivity index (χ4v) is 1.38. The van der Waals surface area contributed by atoms with Crippen LogP contribution in [0.1, 0.15) is 37.9 Å². The fourth-order valence-electron chi connectivity index (χ4n) is 1.38. The molecule has 1 aliphatic rings. The van der Waals surface area contributed by atoms with Crippen molar-refractivity contribution in [2.45, 2.75) is 39.0 Å². The number of fused-ring (bicyclic) bond motifs is 1. The molecule has 13 heavy (non-hydrogen) atoms. The molecule has 3 heteroatoms. The number of hydrogen-bond acceptors (Lipinski definition) is 3. The zero-order chi connectivity index (χ0) is 9.64. The standard InChI is InChI=1S/C10H14N2O/c1-10(2,3)9-11-7-5-4-6(7)8(13)12-9/h4-5H2,1-3H3,(H,11,12,13). The lowest BCUT2D eigenvalue weighted by atomic mass is 9.91. The monoisotopic (exact) mass is 178 g/mol. The third-order valence-electron chi connectivity index (χ3n) is 2.35. The van der Waals surface area contributed by atoms with E-state index in [4.69, 9.17) is 0 Å². The summed E-state index contributed by atoms with van der Waals surface area (Å²) in [6.07, 6.45) is 1.90. The summed E-state index contributed by atoms with van der Waals surface area (Å²) in [6, 6.07) is 0. The van der Waals surface area contributed by atoms with Gasteiger partial charge in [0.1, 0.15) is 5.82 Å². The van der Waals surface area contributed by atoms with E-state index in [0.29, 0.717) is 0 Å². The topological polar surface area (TPSA) is 46.0 Å².